The Kier molecular flexibility index (Phi) is 4.46. The summed E-state index contributed by atoms with van der Waals surface area (Å²) in [6.45, 7) is 1.93. The van der Waals surface area contributed by atoms with E-state index in [1.54, 1.807) is 6.08 Å². The topological polar surface area (TPSA) is 19.9 Å². The molecule has 0 spiro atoms. The van der Waals surface area contributed by atoms with E-state index in [1.807, 2.05) is 13.0 Å². The zero-order chi connectivity index (χ0) is 4.83. The van der Waals surface area contributed by atoms with Crippen molar-refractivity contribution in [3.05, 3.63) is 12.2 Å². The summed E-state index contributed by atoms with van der Waals surface area (Å²) in [6.07, 6.45) is 4.47. The molecule has 0 aromatic heterocycles. The summed E-state index contributed by atoms with van der Waals surface area (Å²) in [6, 6.07) is 0. The first-order valence-electron chi connectivity index (χ1n) is 2.15. The Labute approximate surface area is 38.3 Å². The van der Waals surface area contributed by atoms with Crippen LogP contribution in [0.25, 0.3) is 0 Å². The first-order chi connectivity index (χ1) is 2.91. The highest BCUT2D eigenvalue weighted by molar-refractivity contribution is 4.78. The van der Waals surface area contributed by atoms with Crippen LogP contribution in [0.3, 0.4) is 0 Å². The van der Waals surface area contributed by atoms with Crippen LogP contribution in [0, 0.1) is 0 Å². The van der Waals surface area contributed by atoms with E-state index in [1.165, 1.54) is 0 Å². The molecule has 0 fully saturated rings. The molecule has 6 heavy (non-hydrogen) atoms. The minimum Gasteiger partial charge on any atom is -0.232 e. The minimum atomic E-state index is -0.0756. The first-order valence-corrected chi connectivity index (χ1v) is 2.15. The maximum atomic E-state index is 9.60. The fourth-order valence-corrected chi connectivity index (χ4v) is 0.235. The summed E-state index contributed by atoms with van der Waals surface area (Å²) in [5.41, 5.74) is 0. The van der Waals surface area contributed by atoms with Gasteiger partial charge in [0.25, 0.3) is 0 Å². The molecule has 0 unspecified atom stereocenters. The highest BCUT2D eigenvalue weighted by Gasteiger charge is 1.62. The largest absolute Gasteiger partial charge is 0.232 e. The molecule has 0 aliphatic rings. The minimum absolute atomic E-state index is 0.0756. The van der Waals surface area contributed by atoms with Gasteiger partial charge < -0.3 is 0 Å². The van der Waals surface area contributed by atoms with Gasteiger partial charge in [0.1, 0.15) is 6.61 Å². The third kappa shape index (κ3) is 3.70. The average molecular weight is 85.1 g/mol. The van der Waals surface area contributed by atoms with Crippen molar-refractivity contribution in [1.29, 1.82) is 0 Å². The molecule has 35 valence electrons. The van der Waals surface area contributed by atoms with Crippen LogP contribution in [-0.4, -0.2) is 6.61 Å². The van der Waals surface area contributed by atoms with Gasteiger partial charge in [0, 0.05) is 0 Å². The SMILES string of the molecule is CC/C=C/C[O]. The number of rotatable bonds is 2. The first kappa shape index (κ1) is 5.70. The second kappa shape index (κ2) is 4.70. The summed E-state index contributed by atoms with van der Waals surface area (Å²) >= 11 is 0. The molecular formula is C5H9O. The fraction of sp³-hybridized carbons (Fsp3) is 0.600. The van der Waals surface area contributed by atoms with Gasteiger partial charge in [0.15, 0.2) is 0 Å². The van der Waals surface area contributed by atoms with Gasteiger partial charge in [-0.05, 0) is 6.42 Å². The molecular weight excluding hydrogens is 76.1 g/mol. The molecule has 0 aliphatic heterocycles. The molecule has 0 aromatic carbocycles. The van der Waals surface area contributed by atoms with E-state index in [2.05, 4.69) is 0 Å². The van der Waals surface area contributed by atoms with Gasteiger partial charge in [-0.1, -0.05) is 19.1 Å². The summed E-state index contributed by atoms with van der Waals surface area (Å²) in [4.78, 5) is 0. The number of hydrogen-bond acceptors (Lipinski definition) is 0. The Morgan fingerprint density at radius 1 is 1.50 bits per heavy atom. The van der Waals surface area contributed by atoms with E-state index in [4.69, 9.17) is 0 Å². The van der Waals surface area contributed by atoms with Crippen LogP contribution in [0.4, 0.5) is 0 Å². The van der Waals surface area contributed by atoms with Crippen molar-refractivity contribution in [2.24, 2.45) is 0 Å². The van der Waals surface area contributed by atoms with E-state index < -0.39 is 0 Å². The van der Waals surface area contributed by atoms with Gasteiger partial charge in [0.05, 0.1) is 0 Å². The van der Waals surface area contributed by atoms with Crippen molar-refractivity contribution in [3.8, 4) is 0 Å². The predicted molar refractivity (Wildman–Crippen MR) is 25.0 cm³/mol. The van der Waals surface area contributed by atoms with E-state index >= 15 is 0 Å². The Morgan fingerprint density at radius 2 is 2.17 bits per heavy atom. The maximum absolute atomic E-state index is 9.60. The van der Waals surface area contributed by atoms with Gasteiger partial charge in [0.2, 0.25) is 0 Å². The molecule has 0 rings (SSSR count). The lowest BCUT2D eigenvalue weighted by Crippen LogP contribution is -1.64. The van der Waals surface area contributed by atoms with E-state index in [0.717, 1.165) is 6.42 Å². The zero-order valence-corrected chi connectivity index (χ0v) is 3.98. The molecule has 0 saturated heterocycles. The highest BCUT2D eigenvalue weighted by Crippen LogP contribution is 1.75. The van der Waals surface area contributed by atoms with Crippen LogP contribution in [0.2, 0.25) is 0 Å². The van der Waals surface area contributed by atoms with Crippen LogP contribution in [0.1, 0.15) is 13.3 Å². The molecule has 0 aromatic rings. The van der Waals surface area contributed by atoms with Crippen molar-refractivity contribution in [2.75, 3.05) is 6.61 Å². The number of hydrogen-bond donors (Lipinski definition) is 0. The summed E-state index contributed by atoms with van der Waals surface area (Å²) in [7, 11) is 0. The van der Waals surface area contributed by atoms with Crippen molar-refractivity contribution in [2.45, 2.75) is 13.3 Å². The summed E-state index contributed by atoms with van der Waals surface area (Å²) in [5, 5.41) is 9.60. The van der Waals surface area contributed by atoms with Gasteiger partial charge in [-0.3, -0.25) is 0 Å². The van der Waals surface area contributed by atoms with Crippen molar-refractivity contribution >= 4 is 0 Å². The Bertz CT molecular complexity index is 33.2. The zero-order valence-electron chi connectivity index (χ0n) is 3.98. The summed E-state index contributed by atoms with van der Waals surface area (Å²) in [5.74, 6) is 0. The maximum Gasteiger partial charge on any atom is 0.100 e. The van der Waals surface area contributed by atoms with Crippen LogP contribution in [0.5, 0.6) is 0 Å². The molecule has 0 atom stereocenters. The van der Waals surface area contributed by atoms with Crippen LogP contribution in [0.15, 0.2) is 12.2 Å². The molecule has 1 heteroatoms. The van der Waals surface area contributed by atoms with Gasteiger partial charge >= 0.3 is 0 Å². The molecule has 0 amide bonds. The molecule has 0 saturated carbocycles. The quantitative estimate of drug-likeness (QED) is 0.451. The van der Waals surface area contributed by atoms with Crippen molar-refractivity contribution < 1.29 is 5.11 Å². The Balaban J connectivity index is 2.73. The standard InChI is InChI=1S/C5H9O/c1-2-3-4-5-6/h3-4H,2,5H2,1H3/b4-3+. The lowest BCUT2D eigenvalue weighted by Gasteiger charge is -1.70. The lowest BCUT2D eigenvalue weighted by molar-refractivity contribution is 0.232. The van der Waals surface area contributed by atoms with Crippen molar-refractivity contribution in [1.82, 2.24) is 0 Å². The Morgan fingerprint density at radius 3 is 2.33 bits per heavy atom. The van der Waals surface area contributed by atoms with Crippen LogP contribution >= 0.6 is 0 Å². The molecule has 1 nitrogen and oxygen atoms in total. The monoisotopic (exact) mass is 85.1 g/mol. The summed E-state index contributed by atoms with van der Waals surface area (Å²) < 4.78 is 0. The fourth-order valence-electron chi connectivity index (χ4n) is 0.235. The molecule has 0 heterocycles. The predicted octanol–water partition coefficient (Wildman–Crippen LogP) is 1.38. The second-order valence-corrected chi connectivity index (χ2v) is 1.05. The van der Waals surface area contributed by atoms with E-state index in [-0.39, 0.29) is 6.61 Å². The molecule has 0 N–H and O–H groups in total. The van der Waals surface area contributed by atoms with Crippen LogP contribution in [-0.2, 0) is 5.11 Å². The third-order valence-corrected chi connectivity index (χ3v) is 0.499. The number of allylic oxidation sites excluding steroid dienone is 1. The van der Waals surface area contributed by atoms with Crippen molar-refractivity contribution in [3.63, 3.8) is 0 Å². The molecule has 1 radical (unpaired) electrons. The highest BCUT2D eigenvalue weighted by atomic mass is 16.2. The van der Waals surface area contributed by atoms with Crippen LogP contribution < -0.4 is 0 Å². The van der Waals surface area contributed by atoms with E-state index in [0.29, 0.717) is 0 Å². The third-order valence-electron chi connectivity index (χ3n) is 0.499. The second-order valence-electron chi connectivity index (χ2n) is 1.05. The molecule has 0 aliphatic carbocycles. The normalized spacial score (nSPS) is 10.3. The lowest BCUT2D eigenvalue weighted by atomic mass is 10.4. The Hall–Kier alpha value is -0.300. The van der Waals surface area contributed by atoms with Gasteiger partial charge in [-0.2, -0.15) is 0 Å². The smallest absolute Gasteiger partial charge is 0.100 e. The van der Waals surface area contributed by atoms with Gasteiger partial charge in [-0.25, -0.2) is 5.11 Å². The average Bonchev–Trinajstić information content (AvgIpc) is 1.61. The molecule has 0 bridgehead atoms. The van der Waals surface area contributed by atoms with E-state index in [9.17, 15) is 5.11 Å². The van der Waals surface area contributed by atoms with Gasteiger partial charge in [-0.15, -0.1) is 0 Å².